The van der Waals surface area contributed by atoms with Gasteiger partial charge in [-0.2, -0.15) is 4.98 Å². The quantitative estimate of drug-likeness (QED) is 0.569. The molecule has 3 aromatic rings. The number of benzene rings is 1. The molecule has 4 N–H and O–H groups in total. The summed E-state index contributed by atoms with van der Waals surface area (Å²) in [6, 6.07) is 3.33. The summed E-state index contributed by atoms with van der Waals surface area (Å²) >= 11 is 1.46. The minimum atomic E-state index is -0.424. The number of aromatic nitrogens is 1. The van der Waals surface area contributed by atoms with E-state index in [0.717, 1.165) is 16.3 Å². The predicted octanol–water partition coefficient (Wildman–Crippen LogP) is 1.35. The Bertz CT molecular complexity index is 974. The number of ether oxygens (including phenoxy) is 1. The van der Waals surface area contributed by atoms with Gasteiger partial charge in [-0.1, -0.05) is 18.3 Å². The van der Waals surface area contributed by atoms with Crippen molar-refractivity contribution in [3.05, 3.63) is 45.3 Å². The maximum absolute atomic E-state index is 12.8. The van der Waals surface area contributed by atoms with Crippen molar-refractivity contribution in [3.8, 4) is 16.3 Å². The van der Waals surface area contributed by atoms with Gasteiger partial charge in [0.1, 0.15) is 23.2 Å². The molecule has 24 heavy (non-hydrogen) atoms. The molecule has 0 aliphatic carbocycles. The summed E-state index contributed by atoms with van der Waals surface area (Å²) in [6.45, 7) is 3.91. The molecule has 0 radical (unpaired) electrons. The van der Waals surface area contributed by atoms with E-state index in [2.05, 4.69) is 10.7 Å². The number of quaternary nitrogens is 1. The van der Waals surface area contributed by atoms with Crippen LogP contribution < -0.4 is 20.9 Å². The third kappa shape index (κ3) is 2.95. The van der Waals surface area contributed by atoms with Crippen molar-refractivity contribution in [2.45, 2.75) is 20.3 Å². The first kappa shape index (κ1) is 16.4. The number of thiazole rings is 1. The fourth-order valence-electron chi connectivity index (χ4n) is 2.42. The molecular formula is C17H18N2O4S+2. The Kier molecular flexibility index (Phi) is 4.46. The second-order valence-corrected chi connectivity index (χ2v) is 6.26. The SMILES string of the molecule is CCc1cc2c(=O)c(-c3[nH+]c(C)cs3)coc2cc1OC(=O)C[NH3+]. The Balaban J connectivity index is 2.17. The lowest BCUT2D eigenvalue weighted by atomic mass is 10.1. The highest BCUT2D eigenvalue weighted by Gasteiger charge is 2.19. The average Bonchev–Trinajstić information content (AvgIpc) is 3.00. The van der Waals surface area contributed by atoms with E-state index in [9.17, 15) is 9.59 Å². The van der Waals surface area contributed by atoms with Gasteiger partial charge in [0, 0.05) is 13.0 Å². The van der Waals surface area contributed by atoms with E-state index in [1.807, 2.05) is 19.2 Å². The molecule has 0 spiro atoms. The van der Waals surface area contributed by atoms with E-state index in [4.69, 9.17) is 9.15 Å². The number of fused-ring (bicyclic) bond motifs is 1. The Morgan fingerprint density at radius 2 is 2.21 bits per heavy atom. The van der Waals surface area contributed by atoms with Crippen LogP contribution in [0.2, 0.25) is 0 Å². The number of rotatable bonds is 4. The van der Waals surface area contributed by atoms with Gasteiger partial charge in [-0.25, -0.2) is 4.79 Å². The van der Waals surface area contributed by atoms with Crippen molar-refractivity contribution in [1.29, 1.82) is 0 Å². The molecule has 7 heteroatoms. The average molecular weight is 346 g/mol. The van der Waals surface area contributed by atoms with E-state index in [0.29, 0.717) is 28.7 Å². The van der Waals surface area contributed by atoms with Gasteiger partial charge in [-0.3, -0.25) is 4.79 Å². The molecule has 0 fully saturated rings. The van der Waals surface area contributed by atoms with Crippen LogP contribution in [0.15, 0.2) is 33.0 Å². The Hall–Kier alpha value is -2.51. The summed E-state index contributed by atoms with van der Waals surface area (Å²) in [7, 11) is 0. The van der Waals surface area contributed by atoms with E-state index < -0.39 is 5.97 Å². The normalized spacial score (nSPS) is 11.0. The maximum atomic E-state index is 12.8. The van der Waals surface area contributed by atoms with Gasteiger partial charge in [-0.15, -0.1) is 0 Å². The summed E-state index contributed by atoms with van der Waals surface area (Å²) < 4.78 is 10.9. The maximum Gasteiger partial charge on any atom is 0.366 e. The third-order valence-corrected chi connectivity index (χ3v) is 4.70. The number of hydrogen-bond acceptors (Lipinski definition) is 5. The molecule has 0 saturated heterocycles. The number of nitrogens with one attached hydrogen (secondary N) is 1. The van der Waals surface area contributed by atoms with Crippen LogP contribution in [0.3, 0.4) is 0 Å². The number of hydrogen-bond donors (Lipinski definition) is 1. The first-order chi connectivity index (χ1) is 11.5. The Labute approximate surface area is 141 Å². The summed E-state index contributed by atoms with van der Waals surface area (Å²) in [4.78, 5) is 27.5. The summed E-state index contributed by atoms with van der Waals surface area (Å²) in [6.07, 6.45) is 2.06. The van der Waals surface area contributed by atoms with Gasteiger partial charge in [0.25, 0.3) is 5.01 Å². The number of esters is 1. The second kappa shape index (κ2) is 6.54. The zero-order valence-electron chi connectivity index (χ0n) is 13.5. The molecule has 0 saturated carbocycles. The highest BCUT2D eigenvalue weighted by atomic mass is 32.1. The van der Waals surface area contributed by atoms with E-state index in [-0.39, 0.29) is 12.0 Å². The van der Waals surface area contributed by atoms with Gasteiger partial charge in [0.15, 0.2) is 12.2 Å². The smallest absolute Gasteiger partial charge is 0.366 e. The molecule has 2 aromatic heterocycles. The molecule has 0 unspecified atom stereocenters. The molecule has 3 rings (SSSR count). The van der Waals surface area contributed by atoms with Crippen molar-refractivity contribution >= 4 is 28.3 Å². The minimum absolute atomic E-state index is 0.0393. The van der Waals surface area contributed by atoms with Crippen LogP contribution in [0.4, 0.5) is 0 Å². The lowest BCUT2D eigenvalue weighted by Crippen LogP contribution is -2.55. The van der Waals surface area contributed by atoms with Crippen LogP contribution >= 0.6 is 11.3 Å². The number of carbonyl (C=O) groups excluding carboxylic acids is 1. The molecule has 1 aromatic carbocycles. The molecule has 0 aliphatic rings. The lowest BCUT2D eigenvalue weighted by Gasteiger charge is -2.09. The van der Waals surface area contributed by atoms with Crippen LogP contribution in [0, 0.1) is 6.92 Å². The van der Waals surface area contributed by atoms with E-state index in [1.165, 1.54) is 17.6 Å². The highest BCUT2D eigenvalue weighted by molar-refractivity contribution is 7.12. The van der Waals surface area contributed by atoms with Crippen LogP contribution in [0.25, 0.3) is 21.5 Å². The number of H-pyrrole nitrogens is 1. The van der Waals surface area contributed by atoms with Crippen LogP contribution in [-0.4, -0.2) is 12.5 Å². The summed E-state index contributed by atoms with van der Waals surface area (Å²) in [5.74, 6) is -0.0141. The van der Waals surface area contributed by atoms with E-state index in [1.54, 1.807) is 12.1 Å². The minimum Gasteiger partial charge on any atom is -0.463 e. The molecule has 0 bridgehead atoms. The fourth-order valence-corrected chi connectivity index (χ4v) is 3.26. The van der Waals surface area contributed by atoms with Gasteiger partial charge < -0.3 is 14.9 Å². The van der Waals surface area contributed by atoms with Crippen LogP contribution in [0.5, 0.6) is 5.75 Å². The Morgan fingerprint density at radius 3 is 2.83 bits per heavy atom. The second-order valence-electron chi connectivity index (χ2n) is 5.39. The first-order valence-corrected chi connectivity index (χ1v) is 8.47. The molecule has 2 heterocycles. The first-order valence-electron chi connectivity index (χ1n) is 7.59. The summed E-state index contributed by atoms with van der Waals surface area (Å²) in [5, 5.41) is 3.17. The van der Waals surface area contributed by atoms with Gasteiger partial charge >= 0.3 is 5.97 Å². The van der Waals surface area contributed by atoms with Crippen LogP contribution in [-0.2, 0) is 11.2 Å². The predicted molar refractivity (Wildman–Crippen MR) is 89.9 cm³/mol. The zero-order valence-corrected chi connectivity index (χ0v) is 14.3. The van der Waals surface area contributed by atoms with Crippen molar-refractivity contribution in [3.63, 3.8) is 0 Å². The zero-order chi connectivity index (χ0) is 17.3. The number of aromatic amines is 1. The Morgan fingerprint density at radius 1 is 1.42 bits per heavy atom. The van der Waals surface area contributed by atoms with Crippen molar-refractivity contribution in [2.24, 2.45) is 0 Å². The number of aryl methyl sites for hydroxylation is 2. The largest absolute Gasteiger partial charge is 0.463 e. The monoisotopic (exact) mass is 346 g/mol. The van der Waals surface area contributed by atoms with Crippen molar-refractivity contribution in [1.82, 2.24) is 0 Å². The van der Waals surface area contributed by atoms with Gasteiger partial charge in [0.05, 0.1) is 10.8 Å². The molecule has 0 amide bonds. The summed E-state index contributed by atoms with van der Waals surface area (Å²) in [5.41, 5.74) is 6.04. The fraction of sp³-hybridized carbons (Fsp3) is 0.235. The van der Waals surface area contributed by atoms with Crippen LogP contribution in [0.1, 0.15) is 18.2 Å². The van der Waals surface area contributed by atoms with Gasteiger partial charge in [0.2, 0.25) is 5.43 Å². The van der Waals surface area contributed by atoms with Crippen molar-refractivity contribution < 1.29 is 24.7 Å². The topological polar surface area (TPSA) is 98.3 Å². The van der Waals surface area contributed by atoms with Gasteiger partial charge in [-0.05, 0) is 18.1 Å². The molecular weight excluding hydrogens is 328 g/mol. The number of carbonyl (C=O) groups is 1. The molecule has 6 nitrogen and oxygen atoms in total. The standard InChI is InChI=1S/C17H16N2O4S/c1-3-10-4-11-14(5-13(10)23-15(20)6-18)22-7-12(16(11)21)17-19-9(2)8-24-17/h4-5,7-8H,3,6,18H2,1-2H3/p+2. The molecule has 0 atom stereocenters. The molecule has 124 valence electrons. The highest BCUT2D eigenvalue weighted by Crippen LogP contribution is 2.27. The van der Waals surface area contributed by atoms with Crippen molar-refractivity contribution in [2.75, 3.05) is 6.54 Å². The van der Waals surface area contributed by atoms with E-state index >= 15 is 0 Å². The molecule has 0 aliphatic heterocycles. The lowest BCUT2D eigenvalue weighted by molar-refractivity contribution is -0.367. The third-order valence-electron chi connectivity index (χ3n) is 3.67.